The molecule has 0 radical (unpaired) electrons. The molecule has 0 spiro atoms. The molecule has 3 aromatic rings. The van der Waals surface area contributed by atoms with Crippen molar-refractivity contribution in [2.45, 2.75) is 51.0 Å². The van der Waals surface area contributed by atoms with Gasteiger partial charge in [0, 0.05) is 31.0 Å². The Hall–Kier alpha value is -3.85. The number of nitrogens with one attached hydrogen (secondary N) is 1. The van der Waals surface area contributed by atoms with Crippen LogP contribution in [0, 0.1) is 23.2 Å². The summed E-state index contributed by atoms with van der Waals surface area (Å²) in [6.45, 7) is 2.16. The quantitative estimate of drug-likeness (QED) is 0.359. The first-order chi connectivity index (χ1) is 18.6. The number of nitriles is 1. The molecule has 196 valence electrons. The zero-order chi connectivity index (χ0) is 26.3. The molecule has 2 fully saturated rings. The fraction of sp³-hybridized carbons (Fsp3) is 0.406. The fourth-order valence-corrected chi connectivity index (χ4v) is 6.24. The molecule has 3 atom stereocenters. The van der Waals surface area contributed by atoms with Gasteiger partial charge in [0.25, 0.3) is 0 Å². The number of benzene rings is 2. The van der Waals surface area contributed by atoms with Crippen LogP contribution in [0.25, 0.3) is 11.1 Å². The number of nitrogens with zero attached hydrogens (tertiary/aromatic N) is 3. The summed E-state index contributed by atoms with van der Waals surface area (Å²) in [4.78, 5) is 19.4. The molecule has 1 N–H and O–H groups in total. The van der Waals surface area contributed by atoms with Gasteiger partial charge in [0.1, 0.15) is 5.82 Å². The Morgan fingerprint density at radius 1 is 1.08 bits per heavy atom. The normalized spacial score (nSPS) is 21.4. The van der Waals surface area contributed by atoms with Gasteiger partial charge >= 0.3 is 5.97 Å². The zero-order valence-corrected chi connectivity index (χ0v) is 22.1. The predicted octanol–water partition coefficient (Wildman–Crippen LogP) is 6.68. The number of aromatic nitrogens is 1. The molecule has 0 amide bonds. The van der Waals surface area contributed by atoms with E-state index in [1.165, 1.54) is 51.3 Å². The standard InChI is InChI=1S/C32H36N4O2/c1-38-32(37)29-10-4-3-9-28(29)25-16-17-34-31(20-25)35-30-11-5-2-8-26(30)19-24-7-6-18-36(22-24)27-14-12-23(21-33)13-15-27/h3-4,9-10,12-17,20,24,26,30H,2,5-8,11,18-19,22H2,1H3,(H,34,35)/t24-,26+,30-/m1/s1. The van der Waals surface area contributed by atoms with Gasteiger partial charge in [-0.3, -0.25) is 0 Å². The summed E-state index contributed by atoms with van der Waals surface area (Å²) in [5.41, 5.74) is 4.31. The molecule has 38 heavy (non-hydrogen) atoms. The molecule has 1 aliphatic heterocycles. The molecule has 0 bridgehead atoms. The van der Waals surface area contributed by atoms with E-state index in [2.05, 4.69) is 39.5 Å². The summed E-state index contributed by atoms with van der Waals surface area (Å²) >= 11 is 0. The molecule has 6 heteroatoms. The van der Waals surface area contributed by atoms with Crippen LogP contribution in [-0.4, -0.2) is 37.2 Å². The van der Waals surface area contributed by atoms with E-state index in [0.29, 0.717) is 29.0 Å². The number of carbonyl (C=O) groups excluding carboxylic acids is 1. The molecule has 1 saturated carbocycles. The average Bonchev–Trinajstić information content (AvgIpc) is 2.98. The third-order valence-electron chi connectivity index (χ3n) is 8.16. The summed E-state index contributed by atoms with van der Waals surface area (Å²) < 4.78 is 5.00. The molecule has 0 unspecified atom stereocenters. The minimum atomic E-state index is -0.332. The molecular formula is C32H36N4O2. The second kappa shape index (κ2) is 12.1. The van der Waals surface area contributed by atoms with Gasteiger partial charge < -0.3 is 15.0 Å². The van der Waals surface area contributed by atoms with Crippen molar-refractivity contribution < 1.29 is 9.53 Å². The summed E-state index contributed by atoms with van der Waals surface area (Å²) in [5.74, 6) is 1.81. The first-order valence-electron chi connectivity index (χ1n) is 13.8. The van der Waals surface area contributed by atoms with Crippen molar-refractivity contribution in [1.29, 1.82) is 5.26 Å². The van der Waals surface area contributed by atoms with Crippen LogP contribution in [-0.2, 0) is 4.74 Å². The van der Waals surface area contributed by atoms with E-state index in [-0.39, 0.29) is 5.97 Å². The summed E-state index contributed by atoms with van der Waals surface area (Å²) in [5, 5.41) is 12.9. The first kappa shape index (κ1) is 25.8. The average molecular weight is 509 g/mol. The lowest BCUT2D eigenvalue weighted by Crippen LogP contribution is -2.39. The second-order valence-electron chi connectivity index (χ2n) is 10.6. The maximum atomic E-state index is 12.3. The van der Waals surface area contributed by atoms with Crippen LogP contribution in [0.4, 0.5) is 11.5 Å². The molecule has 1 aromatic heterocycles. The third kappa shape index (κ3) is 5.99. The van der Waals surface area contributed by atoms with Crippen molar-refractivity contribution in [3.63, 3.8) is 0 Å². The molecule has 2 aliphatic rings. The fourth-order valence-electron chi connectivity index (χ4n) is 6.24. The second-order valence-corrected chi connectivity index (χ2v) is 10.6. The number of ether oxygens (including phenoxy) is 1. The van der Waals surface area contributed by atoms with Crippen molar-refractivity contribution in [2.75, 3.05) is 30.4 Å². The monoisotopic (exact) mass is 508 g/mol. The number of anilines is 2. The third-order valence-corrected chi connectivity index (χ3v) is 8.16. The lowest BCUT2D eigenvalue weighted by Gasteiger charge is -2.39. The van der Waals surface area contributed by atoms with Crippen molar-refractivity contribution in [3.8, 4) is 17.2 Å². The Balaban J connectivity index is 1.27. The molecule has 2 aromatic carbocycles. The van der Waals surface area contributed by atoms with Crippen LogP contribution in [0.2, 0.25) is 0 Å². The number of hydrogen-bond acceptors (Lipinski definition) is 6. The molecule has 1 saturated heterocycles. The Morgan fingerprint density at radius 2 is 1.89 bits per heavy atom. The number of carbonyl (C=O) groups is 1. The molecule has 6 nitrogen and oxygen atoms in total. The Kier molecular flexibility index (Phi) is 8.23. The van der Waals surface area contributed by atoms with Gasteiger partial charge in [-0.1, -0.05) is 31.0 Å². The van der Waals surface area contributed by atoms with Crippen molar-refractivity contribution in [2.24, 2.45) is 11.8 Å². The summed E-state index contributed by atoms with van der Waals surface area (Å²) in [6, 6.07) is 22.2. The van der Waals surface area contributed by atoms with Crippen LogP contribution >= 0.6 is 0 Å². The van der Waals surface area contributed by atoms with E-state index in [9.17, 15) is 4.79 Å². The highest BCUT2D eigenvalue weighted by Gasteiger charge is 2.30. The SMILES string of the molecule is COC(=O)c1ccccc1-c1ccnc(N[C@@H]2CCCC[C@H]2C[C@H]2CCCN(c3ccc(C#N)cc3)C2)c1. The predicted molar refractivity (Wildman–Crippen MR) is 151 cm³/mol. The van der Waals surface area contributed by atoms with Crippen molar-refractivity contribution in [3.05, 3.63) is 78.0 Å². The van der Waals surface area contributed by atoms with E-state index >= 15 is 0 Å². The minimum absolute atomic E-state index is 0.332. The van der Waals surface area contributed by atoms with Crippen LogP contribution in [0.15, 0.2) is 66.9 Å². The Labute approximate surface area is 225 Å². The van der Waals surface area contributed by atoms with Crippen LogP contribution in [0.1, 0.15) is 60.9 Å². The van der Waals surface area contributed by atoms with Gasteiger partial charge in [0.15, 0.2) is 0 Å². The van der Waals surface area contributed by atoms with Crippen molar-refractivity contribution >= 4 is 17.5 Å². The number of piperidine rings is 1. The van der Waals surface area contributed by atoms with E-state index in [1.807, 2.05) is 42.6 Å². The molecule has 2 heterocycles. The maximum absolute atomic E-state index is 12.3. The van der Waals surface area contributed by atoms with Crippen LogP contribution < -0.4 is 10.2 Å². The van der Waals surface area contributed by atoms with Crippen molar-refractivity contribution in [1.82, 2.24) is 4.98 Å². The lowest BCUT2D eigenvalue weighted by atomic mass is 9.77. The van der Waals surface area contributed by atoms with Gasteiger partial charge in [0.2, 0.25) is 0 Å². The lowest BCUT2D eigenvalue weighted by molar-refractivity contribution is 0.0601. The van der Waals surface area contributed by atoms with Crippen LogP contribution in [0.3, 0.4) is 0 Å². The number of rotatable bonds is 7. The summed E-state index contributed by atoms with van der Waals surface area (Å²) in [7, 11) is 1.41. The topological polar surface area (TPSA) is 78.2 Å². The molecular weight excluding hydrogens is 472 g/mol. The number of esters is 1. The molecule has 5 rings (SSSR count). The van der Waals surface area contributed by atoms with Gasteiger partial charge in [-0.25, -0.2) is 9.78 Å². The zero-order valence-electron chi connectivity index (χ0n) is 22.1. The highest BCUT2D eigenvalue weighted by atomic mass is 16.5. The first-order valence-corrected chi connectivity index (χ1v) is 13.8. The molecule has 1 aliphatic carbocycles. The van der Waals surface area contributed by atoms with E-state index in [0.717, 1.165) is 36.5 Å². The van der Waals surface area contributed by atoms with E-state index in [1.54, 1.807) is 6.07 Å². The number of methoxy groups -OCH3 is 1. The Morgan fingerprint density at radius 3 is 2.71 bits per heavy atom. The number of hydrogen-bond donors (Lipinski definition) is 1. The van der Waals surface area contributed by atoms with Gasteiger partial charge in [-0.2, -0.15) is 5.26 Å². The van der Waals surface area contributed by atoms with Crippen LogP contribution in [0.5, 0.6) is 0 Å². The smallest absolute Gasteiger partial charge is 0.338 e. The maximum Gasteiger partial charge on any atom is 0.338 e. The van der Waals surface area contributed by atoms with E-state index in [4.69, 9.17) is 10.00 Å². The van der Waals surface area contributed by atoms with Gasteiger partial charge in [-0.15, -0.1) is 0 Å². The Bertz CT molecular complexity index is 1280. The highest BCUT2D eigenvalue weighted by Crippen LogP contribution is 2.36. The minimum Gasteiger partial charge on any atom is -0.465 e. The van der Waals surface area contributed by atoms with E-state index < -0.39 is 0 Å². The number of pyridine rings is 1. The largest absolute Gasteiger partial charge is 0.465 e. The van der Waals surface area contributed by atoms with Gasteiger partial charge in [0.05, 0.1) is 24.3 Å². The highest BCUT2D eigenvalue weighted by molar-refractivity contribution is 5.97. The van der Waals surface area contributed by atoms with Gasteiger partial charge in [-0.05, 0) is 97.5 Å². The summed E-state index contributed by atoms with van der Waals surface area (Å²) in [6.07, 6.45) is 10.4.